The third-order valence-corrected chi connectivity index (χ3v) is 7.65. The van der Waals surface area contributed by atoms with Crippen LogP contribution in [0.25, 0.3) is 6.08 Å². The molecule has 0 unspecified atom stereocenters. The number of hydrogen-bond donors (Lipinski definition) is 0. The van der Waals surface area contributed by atoms with Gasteiger partial charge in [-0.1, -0.05) is 0 Å². The van der Waals surface area contributed by atoms with E-state index in [1.165, 1.54) is 36.7 Å². The van der Waals surface area contributed by atoms with Gasteiger partial charge in [0.1, 0.15) is 5.76 Å². The number of benzene rings is 1. The van der Waals surface area contributed by atoms with E-state index in [1.54, 1.807) is 11.0 Å². The summed E-state index contributed by atoms with van der Waals surface area (Å²) >= 11 is 8.10. The number of carbonyl (C=O) groups is 1. The van der Waals surface area contributed by atoms with E-state index in [4.69, 9.17) is 9.41 Å². The number of rotatable bonds is 4. The minimum Gasteiger partial charge on any atom is -0.449 e. The molecule has 0 atom stereocenters. The number of anilines is 1. The zero-order valence-electron chi connectivity index (χ0n) is 16.0. The average molecular weight is 539 g/mol. The van der Waals surface area contributed by atoms with Gasteiger partial charge in [-0.25, -0.2) is 4.99 Å². The van der Waals surface area contributed by atoms with Gasteiger partial charge < -0.3 is 9.32 Å². The van der Waals surface area contributed by atoms with Crippen LogP contribution in [0.4, 0.5) is 11.4 Å². The number of amidine groups is 1. The lowest BCUT2D eigenvalue weighted by molar-refractivity contribution is -0.122. The van der Waals surface area contributed by atoms with Crippen LogP contribution >= 0.6 is 43.6 Å². The molecule has 2 aromatic rings. The number of furan rings is 1. The van der Waals surface area contributed by atoms with Gasteiger partial charge in [0.15, 0.2) is 9.84 Å². The highest BCUT2D eigenvalue weighted by atomic mass is 79.9. The molecule has 4 rings (SSSR count). The van der Waals surface area contributed by atoms with E-state index in [0.29, 0.717) is 27.0 Å². The number of halogens is 2. The predicted octanol–water partition coefficient (Wildman–Crippen LogP) is 6.42. The zero-order chi connectivity index (χ0) is 20.4. The largest absolute Gasteiger partial charge is 0.449 e. The number of nitrogens with zero attached hydrogens (tertiary/aromatic N) is 3. The van der Waals surface area contributed by atoms with Crippen LogP contribution in [0.5, 0.6) is 0 Å². The van der Waals surface area contributed by atoms with Crippen molar-refractivity contribution in [3.8, 4) is 0 Å². The van der Waals surface area contributed by atoms with Gasteiger partial charge in [-0.05, 0) is 100 Å². The molecule has 2 fully saturated rings. The van der Waals surface area contributed by atoms with E-state index in [1.807, 2.05) is 25.1 Å². The Morgan fingerprint density at radius 2 is 1.90 bits per heavy atom. The summed E-state index contributed by atoms with van der Waals surface area (Å²) in [7, 11) is 0. The first-order chi connectivity index (χ1) is 14.0. The van der Waals surface area contributed by atoms with Crippen LogP contribution in [0.2, 0.25) is 0 Å². The molecule has 3 heterocycles. The maximum absolute atomic E-state index is 12.8. The van der Waals surface area contributed by atoms with Crippen molar-refractivity contribution in [1.29, 1.82) is 0 Å². The molecule has 0 aliphatic carbocycles. The molecule has 0 spiro atoms. The summed E-state index contributed by atoms with van der Waals surface area (Å²) in [5.41, 5.74) is 2.09. The van der Waals surface area contributed by atoms with E-state index in [9.17, 15) is 4.79 Å². The zero-order valence-corrected chi connectivity index (χ0v) is 20.0. The van der Waals surface area contributed by atoms with Gasteiger partial charge >= 0.3 is 0 Å². The van der Waals surface area contributed by atoms with Gasteiger partial charge in [0, 0.05) is 31.4 Å². The minimum absolute atomic E-state index is 0.0511. The van der Waals surface area contributed by atoms with Gasteiger partial charge in [-0.15, -0.1) is 0 Å². The molecule has 5 nitrogen and oxygen atoms in total. The van der Waals surface area contributed by atoms with Crippen LogP contribution in [-0.2, 0) is 4.79 Å². The fourth-order valence-corrected chi connectivity index (χ4v) is 5.08. The smallest absolute Gasteiger partial charge is 0.266 e. The molecular formula is C21H21Br2N3O2S. The van der Waals surface area contributed by atoms with Crippen LogP contribution < -0.4 is 4.90 Å². The van der Waals surface area contributed by atoms with Crippen molar-refractivity contribution in [2.45, 2.75) is 26.2 Å². The molecule has 152 valence electrons. The van der Waals surface area contributed by atoms with Gasteiger partial charge in [-0.3, -0.25) is 9.69 Å². The van der Waals surface area contributed by atoms with Crippen LogP contribution in [0.3, 0.4) is 0 Å². The van der Waals surface area contributed by atoms with Crippen molar-refractivity contribution >= 4 is 72.1 Å². The topological polar surface area (TPSA) is 49.1 Å². The number of aliphatic imine (C=N–C) groups is 1. The molecule has 1 aromatic carbocycles. The number of carbonyl (C=O) groups excluding carboxylic acids is 1. The first kappa shape index (κ1) is 20.8. The SMILES string of the molecule is CCN1C(=O)/C(=C/c2cc(Br)c(Br)o2)SC1=Nc1ccc(N2CCCCC2)cc1. The summed E-state index contributed by atoms with van der Waals surface area (Å²) in [6.45, 7) is 4.76. The van der Waals surface area contributed by atoms with E-state index in [2.05, 4.69) is 48.9 Å². The Balaban J connectivity index is 1.55. The highest BCUT2D eigenvalue weighted by Gasteiger charge is 2.32. The molecule has 8 heteroatoms. The maximum atomic E-state index is 12.8. The average Bonchev–Trinajstić information content (AvgIpc) is 3.21. The summed E-state index contributed by atoms with van der Waals surface area (Å²) in [4.78, 5) is 22.2. The first-order valence-corrected chi connectivity index (χ1v) is 12.1. The van der Waals surface area contributed by atoms with Crippen LogP contribution in [0.15, 0.2) is 53.8 Å². The molecule has 2 aliphatic heterocycles. The van der Waals surface area contributed by atoms with Crippen molar-refractivity contribution in [3.05, 3.63) is 50.1 Å². The fraction of sp³-hybridized carbons (Fsp3) is 0.333. The Kier molecular flexibility index (Phi) is 6.51. The van der Waals surface area contributed by atoms with Crippen LogP contribution in [0.1, 0.15) is 31.9 Å². The quantitative estimate of drug-likeness (QED) is 0.421. The molecule has 0 radical (unpaired) electrons. The van der Waals surface area contributed by atoms with Crippen molar-refractivity contribution < 1.29 is 9.21 Å². The van der Waals surface area contributed by atoms with E-state index in [-0.39, 0.29) is 5.91 Å². The van der Waals surface area contributed by atoms with Gasteiger partial charge in [-0.2, -0.15) is 0 Å². The van der Waals surface area contributed by atoms with Crippen LogP contribution in [-0.4, -0.2) is 35.6 Å². The summed E-state index contributed by atoms with van der Waals surface area (Å²) in [6.07, 6.45) is 5.59. The molecule has 0 saturated carbocycles. The molecule has 2 saturated heterocycles. The summed E-state index contributed by atoms with van der Waals surface area (Å²) in [5.74, 6) is 0.563. The second-order valence-electron chi connectivity index (χ2n) is 6.89. The number of likely N-dealkylation sites (N-methyl/N-ethyl adjacent to an activating group) is 1. The third-order valence-electron chi connectivity index (χ3n) is 4.94. The molecule has 1 aromatic heterocycles. The predicted molar refractivity (Wildman–Crippen MR) is 127 cm³/mol. The minimum atomic E-state index is -0.0511. The third kappa shape index (κ3) is 4.64. The van der Waals surface area contributed by atoms with E-state index >= 15 is 0 Å². The highest BCUT2D eigenvalue weighted by Crippen LogP contribution is 2.36. The molecule has 0 N–H and O–H groups in total. The van der Waals surface area contributed by atoms with Crippen LogP contribution in [0, 0.1) is 0 Å². The lowest BCUT2D eigenvalue weighted by atomic mass is 10.1. The Hall–Kier alpha value is -1.51. The summed E-state index contributed by atoms with van der Waals surface area (Å²) < 4.78 is 7.00. The second-order valence-corrected chi connectivity index (χ2v) is 9.47. The normalized spacial score (nSPS) is 20.3. The van der Waals surface area contributed by atoms with Gasteiger partial charge in [0.05, 0.1) is 15.1 Å². The van der Waals surface area contributed by atoms with Gasteiger partial charge in [0.2, 0.25) is 0 Å². The van der Waals surface area contributed by atoms with E-state index in [0.717, 1.165) is 23.2 Å². The number of piperidine rings is 1. The lowest BCUT2D eigenvalue weighted by Gasteiger charge is -2.28. The van der Waals surface area contributed by atoms with Crippen molar-refractivity contribution in [2.75, 3.05) is 24.5 Å². The molecule has 29 heavy (non-hydrogen) atoms. The first-order valence-electron chi connectivity index (χ1n) is 9.65. The number of thioether (sulfide) groups is 1. The number of hydrogen-bond acceptors (Lipinski definition) is 5. The Bertz CT molecular complexity index is 943. The van der Waals surface area contributed by atoms with Gasteiger partial charge in [0.25, 0.3) is 5.91 Å². The molecule has 1 amide bonds. The fourth-order valence-electron chi connectivity index (χ4n) is 3.43. The Morgan fingerprint density at radius 1 is 1.17 bits per heavy atom. The summed E-state index contributed by atoms with van der Waals surface area (Å²) in [5, 5.41) is 0.694. The van der Waals surface area contributed by atoms with Crippen molar-refractivity contribution in [3.63, 3.8) is 0 Å². The Morgan fingerprint density at radius 3 is 2.52 bits per heavy atom. The molecule has 2 aliphatic rings. The molecule has 0 bridgehead atoms. The summed E-state index contributed by atoms with van der Waals surface area (Å²) in [6, 6.07) is 10.1. The lowest BCUT2D eigenvalue weighted by Crippen LogP contribution is -2.29. The monoisotopic (exact) mass is 537 g/mol. The standard InChI is InChI=1S/C21H21Br2N3O2S/c1-2-26-20(27)18(13-16-12-17(22)19(23)28-16)29-21(26)24-14-6-8-15(9-7-14)25-10-4-3-5-11-25/h6-9,12-13H,2-5,10-11H2,1H3/b18-13-,24-21?. The Labute approximate surface area is 191 Å². The van der Waals surface area contributed by atoms with E-state index < -0.39 is 0 Å². The maximum Gasteiger partial charge on any atom is 0.266 e. The van der Waals surface area contributed by atoms with Crippen molar-refractivity contribution in [2.24, 2.45) is 4.99 Å². The second kappa shape index (κ2) is 9.10. The van der Waals surface area contributed by atoms with Crippen molar-refractivity contribution in [1.82, 2.24) is 4.90 Å². The number of amides is 1. The highest BCUT2D eigenvalue weighted by molar-refractivity contribution is 9.13. The molecular weight excluding hydrogens is 518 g/mol.